The van der Waals surface area contributed by atoms with Crippen LogP contribution in [0.25, 0.3) is 22.2 Å². The Bertz CT molecular complexity index is 1340. The van der Waals surface area contributed by atoms with Gasteiger partial charge in [-0.25, -0.2) is 4.98 Å². The number of hydrogen-bond donors (Lipinski definition) is 2. The molecule has 3 unspecified atom stereocenters. The lowest BCUT2D eigenvalue weighted by Crippen LogP contribution is -2.37. The number of nitrogens with zero attached hydrogens (tertiary/aromatic N) is 1. The number of aromatic nitrogens is 1. The number of carbonyl (C=O) groups excluding carboxylic acids is 1. The lowest BCUT2D eigenvalue weighted by molar-refractivity contribution is -0.138. The lowest BCUT2D eigenvalue weighted by atomic mass is 9.83. The number of hydrogen-bond acceptors (Lipinski definition) is 3. The van der Waals surface area contributed by atoms with Crippen LogP contribution in [0.4, 0.5) is 0 Å². The number of amides is 1. The second-order valence-corrected chi connectivity index (χ2v) is 9.52. The molecular weight excluding hydrogens is 482 g/mol. The maximum absolute atomic E-state index is 13.6. The third kappa shape index (κ3) is 5.44. The van der Waals surface area contributed by atoms with Gasteiger partial charge in [-0.2, -0.15) is 0 Å². The molecule has 0 saturated heterocycles. The third-order valence-electron chi connectivity index (χ3n) is 6.21. The van der Waals surface area contributed by atoms with Crippen LogP contribution in [0.15, 0.2) is 71.8 Å². The summed E-state index contributed by atoms with van der Waals surface area (Å²) < 4.78 is 0. The molecule has 0 saturated carbocycles. The van der Waals surface area contributed by atoms with Crippen molar-refractivity contribution in [3.63, 3.8) is 0 Å². The average molecular weight is 505 g/mol. The van der Waals surface area contributed by atoms with Crippen molar-refractivity contribution in [2.45, 2.75) is 18.7 Å². The van der Waals surface area contributed by atoms with E-state index in [-0.39, 0.29) is 18.9 Å². The number of alkyl halides is 1. The van der Waals surface area contributed by atoms with Gasteiger partial charge in [-0.1, -0.05) is 71.7 Å². The van der Waals surface area contributed by atoms with Gasteiger partial charge in [0.15, 0.2) is 0 Å². The van der Waals surface area contributed by atoms with E-state index in [9.17, 15) is 14.7 Å². The molecule has 0 aliphatic heterocycles. The van der Waals surface area contributed by atoms with Gasteiger partial charge in [0.25, 0.3) is 5.91 Å². The Hall–Kier alpha value is -3.09. The molecule has 2 aromatic carbocycles. The van der Waals surface area contributed by atoms with Gasteiger partial charge in [-0.15, -0.1) is 11.6 Å². The van der Waals surface area contributed by atoms with Crippen molar-refractivity contribution >= 4 is 59.3 Å². The number of pyridine rings is 1. The first-order valence-electron chi connectivity index (χ1n) is 11.2. The number of rotatable bonds is 7. The Balaban J connectivity index is 1.71. The lowest BCUT2D eigenvalue weighted by Gasteiger charge is -2.30. The molecular formula is C27H23BCl2N2O3. The van der Waals surface area contributed by atoms with Crippen molar-refractivity contribution in [1.29, 1.82) is 0 Å². The molecule has 0 fully saturated rings. The SMILES string of the molecule is [B]c1ccc2nc(-c3ccccc3)c(C)c(C(=O)NCC(CC(=O)O)C3C(Cl)=CC=CC3Cl)c2c1. The van der Waals surface area contributed by atoms with Crippen LogP contribution in [-0.4, -0.2) is 41.7 Å². The number of carboxylic acid groups (broad SMARTS) is 1. The predicted molar refractivity (Wildman–Crippen MR) is 142 cm³/mol. The maximum atomic E-state index is 13.6. The first-order chi connectivity index (χ1) is 16.8. The quantitative estimate of drug-likeness (QED) is 0.359. The van der Waals surface area contributed by atoms with E-state index >= 15 is 0 Å². The fourth-order valence-corrected chi connectivity index (χ4v) is 5.41. The van der Waals surface area contributed by atoms with Gasteiger partial charge in [0.2, 0.25) is 0 Å². The summed E-state index contributed by atoms with van der Waals surface area (Å²) in [7, 11) is 6.03. The highest BCUT2D eigenvalue weighted by molar-refractivity contribution is 6.33. The van der Waals surface area contributed by atoms with Crippen molar-refractivity contribution < 1.29 is 14.7 Å². The van der Waals surface area contributed by atoms with Crippen LogP contribution < -0.4 is 10.8 Å². The smallest absolute Gasteiger partial charge is 0.303 e. The molecule has 2 radical (unpaired) electrons. The maximum Gasteiger partial charge on any atom is 0.303 e. The van der Waals surface area contributed by atoms with Crippen molar-refractivity contribution in [3.05, 3.63) is 82.9 Å². The number of benzene rings is 2. The first kappa shape index (κ1) is 25.0. The minimum Gasteiger partial charge on any atom is -0.481 e. The number of carbonyl (C=O) groups is 2. The number of allylic oxidation sites excluding steroid dienone is 4. The summed E-state index contributed by atoms with van der Waals surface area (Å²) in [4.78, 5) is 30.0. The molecule has 0 spiro atoms. The van der Waals surface area contributed by atoms with Crippen molar-refractivity contribution in [2.75, 3.05) is 6.54 Å². The molecule has 3 aromatic rings. The summed E-state index contributed by atoms with van der Waals surface area (Å²) in [5.74, 6) is -2.26. The molecule has 1 heterocycles. The number of nitrogens with one attached hydrogen (secondary N) is 1. The second-order valence-electron chi connectivity index (χ2n) is 8.58. The van der Waals surface area contributed by atoms with E-state index in [0.29, 0.717) is 38.2 Å². The van der Waals surface area contributed by atoms with Crippen molar-refractivity contribution in [1.82, 2.24) is 10.3 Å². The van der Waals surface area contributed by atoms with Crippen molar-refractivity contribution in [2.24, 2.45) is 11.8 Å². The van der Waals surface area contributed by atoms with Gasteiger partial charge in [0.05, 0.1) is 28.6 Å². The zero-order chi connectivity index (χ0) is 25.1. The van der Waals surface area contributed by atoms with Crippen LogP contribution in [0.5, 0.6) is 0 Å². The van der Waals surface area contributed by atoms with Gasteiger partial charge in [0, 0.05) is 28.4 Å². The number of halogens is 2. The van der Waals surface area contributed by atoms with E-state index in [0.717, 1.165) is 5.56 Å². The van der Waals surface area contributed by atoms with Gasteiger partial charge < -0.3 is 10.4 Å². The third-order valence-corrected chi connectivity index (χ3v) is 7.00. The fraction of sp³-hybridized carbons (Fsp3) is 0.222. The second kappa shape index (κ2) is 10.7. The highest BCUT2D eigenvalue weighted by atomic mass is 35.5. The molecule has 2 N–H and O–H groups in total. The number of aliphatic carboxylic acids is 1. The average Bonchev–Trinajstić information content (AvgIpc) is 2.82. The van der Waals surface area contributed by atoms with Crippen LogP contribution in [0.2, 0.25) is 0 Å². The number of carboxylic acids is 1. The number of fused-ring (bicyclic) bond motifs is 1. The molecule has 1 aromatic heterocycles. The molecule has 1 aliphatic rings. The fourth-order valence-electron chi connectivity index (χ4n) is 4.53. The Morgan fingerprint density at radius 3 is 2.63 bits per heavy atom. The summed E-state index contributed by atoms with van der Waals surface area (Å²) in [5.41, 5.74) is 3.88. The van der Waals surface area contributed by atoms with Gasteiger partial charge in [-0.3, -0.25) is 9.59 Å². The van der Waals surface area contributed by atoms with Crippen molar-refractivity contribution in [3.8, 4) is 11.3 Å². The minimum absolute atomic E-state index is 0.0865. The van der Waals surface area contributed by atoms with Crippen LogP contribution in [0.3, 0.4) is 0 Å². The molecule has 1 amide bonds. The predicted octanol–water partition coefficient (Wildman–Crippen LogP) is 4.74. The Kier molecular flexibility index (Phi) is 7.63. The van der Waals surface area contributed by atoms with Gasteiger partial charge in [0.1, 0.15) is 7.85 Å². The van der Waals surface area contributed by atoms with E-state index in [1.54, 1.807) is 36.4 Å². The van der Waals surface area contributed by atoms with E-state index in [1.807, 2.05) is 37.3 Å². The van der Waals surface area contributed by atoms with E-state index in [1.165, 1.54) is 0 Å². The summed E-state index contributed by atoms with van der Waals surface area (Å²) >= 11 is 12.9. The van der Waals surface area contributed by atoms with Gasteiger partial charge in [-0.05, 0) is 30.5 Å². The summed E-state index contributed by atoms with van der Waals surface area (Å²) in [6, 6.07) is 14.9. The molecule has 0 bridgehead atoms. The zero-order valence-electron chi connectivity index (χ0n) is 19.0. The zero-order valence-corrected chi connectivity index (χ0v) is 20.6. The highest BCUT2D eigenvalue weighted by Gasteiger charge is 2.33. The summed E-state index contributed by atoms with van der Waals surface area (Å²) in [5, 5.41) is 13.1. The molecule has 1 aliphatic carbocycles. The first-order valence-corrected chi connectivity index (χ1v) is 12.0. The van der Waals surface area contributed by atoms with E-state index < -0.39 is 23.2 Å². The standard InChI is InChI=1S/C27H23BCl2N2O3/c1-15-24(19-13-18(28)10-11-22(19)32-26(15)16-6-3-2-4-7-16)27(35)31-14-17(12-23(33)34)25-20(29)8-5-9-21(25)30/h2-11,13,17,20,25H,12,14H2,1H3,(H,31,35)(H,33,34). The monoisotopic (exact) mass is 504 g/mol. The molecule has 176 valence electrons. The largest absolute Gasteiger partial charge is 0.481 e. The van der Waals surface area contributed by atoms with E-state index in [2.05, 4.69) is 5.32 Å². The summed E-state index contributed by atoms with van der Waals surface area (Å²) in [6.07, 6.45) is 5.03. The van der Waals surface area contributed by atoms with Crippen LogP contribution in [0, 0.1) is 18.8 Å². The van der Waals surface area contributed by atoms with Crippen LogP contribution >= 0.6 is 23.2 Å². The highest BCUT2D eigenvalue weighted by Crippen LogP contribution is 2.36. The summed E-state index contributed by atoms with van der Waals surface area (Å²) in [6.45, 7) is 1.94. The van der Waals surface area contributed by atoms with E-state index in [4.69, 9.17) is 36.0 Å². The van der Waals surface area contributed by atoms with Crippen LogP contribution in [0.1, 0.15) is 22.3 Å². The Morgan fingerprint density at radius 2 is 1.94 bits per heavy atom. The normalized spacial score (nSPS) is 18.2. The Labute approximate surface area is 215 Å². The minimum atomic E-state index is -0.989. The molecule has 3 atom stereocenters. The molecule has 4 rings (SSSR count). The van der Waals surface area contributed by atoms with Crippen LogP contribution in [-0.2, 0) is 4.79 Å². The Morgan fingerprint density at radius 1 is 1.20 bits per heavy atom. The molecule has 8 heteroatoms. The van der Waals surface area contributed by atoms with Gasteiger partial charge >= 0.3 is 5.97 Å². The molecule has 5 nitrogen and oxygen atoms in total. The molecule has 35 heavy (non-hydrogen) atoms. The topological polar surface area (TPSA) is 79.3 Å².